The quantitative estimate of drug-likeness (QED) is 0.843. The summed E-state index contributed by atoms with van der Waals surface area (Å²) >= 11 is 0. The van der Waals surface area contributed by atoms with Crippen LogP contribution in [0.15, 0.2) is 24.3 Å². The van der Waals surface area contributed by atoms with Crippen LogP contribution in [0.25, 0.3) is 0 Å². The van der Waals surface area contributed by atoms with Crippen molar-refractivity contribution in [1.82, 2.24) is 0 Å². The monoisotopic (exact) mass is 233 g/mol. The van der Waals surface area contributed by atoms with Crippen LogP contribution in [0.4, 0.5) is 0 Å². The summed E-state index contributed by atoms with van der Waals surface area (Å²) in [7, 11) is 0. The lowest BCUT2D eigenvalue weighted by Crippen LogP contribution is -2.20. The molecule has 0 aliphatic heterocycles. The number of nitrogens with two attached hydrogens (primary N) is 1. The van der Waals surface area contributed by atoms with E-state index in [0.29, 0.717) is 17.4 Å². The average Bonchev–Trinajstić information content (AvgIpc) is 2.39. The molecule has 0 unspecified atom stereocenters. The van der Waals surface area contributed by atoms with E-state index in [0.717, 1.165) is 6.54 Å². The van der Waals surface area contributed by atoms with Crippen molar-refractivity contribution in [2.45, 2.75) is 31.6 Å². The predicted molar refractivity (Wildman–Crippen MR) is 67.2 cm³/mol. The molecular weight excluding hydrogens is 214 g/mol. The molecule has 2 rings (SSSR count). The summed E-state index contributed by atoms with van der Waals surface area (Å²) in [5.41, 5.74) is 7.31. The molecule has 1 aromatic carbocycles. The van der Waals surface area contributed by atoms with Gasteiger partial charge in [-0.3, -0.25) is 0 Å². The molecule has 0 heterocycles. The van der Waals surface area contributed by atoms with Gasteiger partial charge < -0.3 is 10.8 Å². The minimum Gasteiger partial charge on any atom is -0.478 e. The summed E-state index contributed by atoms with van der Waals surface area (Å²) in [5.74, 6) is 0.411. The van der Waals surface area contributed by atoms with Gasteiger partial charge in [0.05, 0.1) is 5.56 Å². The van der Waals surface area contributed by atoms with Crippen molar-refractivity contribution in [1.29, 1.82) is 0 Å². The van der Waals surface area contributed by atoms with Crippen molar-refractivity contribution in [2.75, 3.05) is 6.54 Å². The van der Waals surface area contributed by atoms with Crippen LogP contribution in [0.3, 0.4) is 0 Å². The molecule has 0 radical (unpaired) electrons. The summed E-state index contributed by atoms with van der Waals surface area (Å²) in [6.45, 7) is 0.796. The van der Waals surface area contributed by atoms with Crippen LogP contribution in [-0.4, -0.2) is 17.6 Å². The molecule has 1 aromatic rings. The number of hydrogen-bond acceptors (Lipinski definition) is 2. The molecule has 17 heavy (non-hydrogen) atoms. The van der Waals surface area contributed by atoms with E-state index in [1.807, 2.05) is 12.1 Å². The highest BCUT2D eigenvalue weighted by Crippen LogP contribution is 2.35. The number of aromatic carboxylic acids is 1. The second kappa shape index (κ2) is 5.32. The molecule has 0 bridgehead atoms. The molecule has 0 amide bonds. The van der Waals surface area contributed by atoms with Gasteiger partial charge in [0, 0.05) is 0 Å². The predicted octanol–water partition coefficient (Wildman–Crippen LogP) is 2.62. The Bertz CT molecular complexity index is 378. The molecule has 92 valence electrons. The average molecular weight is 233 g/mol. The van der Waals surface area contributed by atoms with E-state index < -0.39 is 5.97 Å². The standard InChI is InChI=1S/C14H19NO2/c15-9-10-1-3-11(4-2-10)12-5-7-13(8-6-12)14(16)17/h5-8,10-11H,1-4,9,15H2,(H,16,17). The minimum atomic E-state index is -0.858. The molecule has 1 fully saturated rings. The number of benzene rings is 1. The van der Waals surface area contributed by atoms with Crippen LogP contribution in [0, 0.1) is 5.92 Å². The first-order valence-corrected chi connectivity index (χ1v) is 6.24. The van der Waals surface area contributed by atoms with Gasteiger partial charge in [0.2, 0.25) is 0 Å². The van der Waals surface area contributed by atoms with Gasteiger partial charge >= 0.3 is 5.97 Å². The van der Waals surface area contributed by atoms with Gasteiger partial charge in [-0.1, -0.05) is 12.1 Å². The van der Waals surface area contributed by atoms with Crippen molar-refractivity contribution in [2.24, 2.45) is 11.7 Å². The highest BCUT2D eigenvalue weighted by molar-refractivity contribution is 5.87. The van der Waals surface area contributed by atoms with E-state index in [1.165, 1.54) is 31.2 Å². The second-order valence-electron chi connectivity index (χ2n) is 4.88. The molecule has 0 saturated heterocycles. The Kier molecular flexibility index (Phi) is 3.79. The molecule has 0 atom stereocenters. The van der Waals surface area contributed by atoms with Crippen LogP contribution in [-0.2, 0) is 0 Å². The lowest BCUT2D eigenvalue weighted by atomic mass is 9.78. The molecule has 1 saturated carbocycles. The third-order valence-electron chi connectivity index (χ3n) is 3.81. The zero-order chi connectivity index (χ0) is 12.3. The molecule has 3 heteroatoms. The fraction of sp³-hybridized carbons (Fsp3) is 0.500. The Morgan fingerprint density at radius 2 is 1.76 bits per heavy atom. The van der Waals surface area contributed by atoms with Crippen molar-refractivity contribution < 1.29 is 9.90 Å². The van der Waals surface area contributed by atoms with Gasteiger partial charge in [-0.05, 0) is 61.8 Å². The number of hydrogen-bond donors (Lipinski definition) is 2. The van der Waals surface area contributed by atoms with E-state index in [2.05, 4.69) is 0 Å². The van der Waals surface area contributed by atoms with Crippen molar-refractivity contribution in [3.63, 3.8) is 0 Å². The van der Waals surface area contributed by atoms with E-state index >= 15 is 0 Å². The Hall–Kier alpha value is -1.35. The first-order valence-electron chi connectivity index (χ1n) is 6.24. The summed E-state index contributed by atoms with van der Waals surface area (Å²) in [6.07, 6.45) is 4.74. The third-order valence-corrected chi connectivity index (χ3v) is 3.81. The topological polar surface area (TPSA) is 63.3 Å². The minimum absolute atomic E-state index is 0.365. The van der Waals surface area contributed by atoms with Crippen LogP contribution >= 0.6 is 0 Å². The number of carbonyl (C=O) groups is 1. The zero-order valence-corrected chi connectivity index (χ0v) is 9.93. The third kappa shape index (κ3) is 2.86. The number of carboxylic acid groups (broad SMARTS) is 1. The van der Waals surface area contributed by atoms with E-state index in [1.54, 1.807) is 12.1 Å². The molecule has 1 aliphatic carbocycles. The van der Waals surface area contributed by atoms with E-state index in [9.17, 15) is 4.79 Å². The summed E-state index contributed by atoms with van der Waals surface area (Å²) in [6, 6.07) is 7.31. The molecule has 3 nitrogen and oxygen atoms in total. The molecule has 1 aliphatic rings. The Morgan fingerprint density at radius 1 is 1.18 bits per heavy atom. The first-order chi connectivity index (χ1) is 8.20. The molecule has 3 N–H and O–H groups in total. The van der Waals surface area contributed by atoms with Gasteiger partial charge in [-0.2, -0.15) is 0 Å². The van der Waals surface area contributed by atoms with Crippen LogP contribution in [0.5, 0.6) is 0 Å². The van der Waals surface area contributed by atoms with Crippen LogP contribution in [0.1, 0.15) is 47.5 Å². The maximum absolute atomic E-state index is 10.8. The SMILES string of the molecule is NCC1CCC(c2ccc(C(=O)O)cc2)CC1. The molecular formula is C14H19NO2. The van der Waals surface area contributed by atoms with E-state index in [4.69, 9.17) is 10.8 Å². The Balaban J connectivity index is 2.01. The Labute approximate surface area is 102 Å². The molecule has 0 aromatic heterocycles. The highest BCUT2D eigenvalue weighted by atomic mass is 16.4. The maximum atomic E-state index is 10.8. The maximum Gasteiger partial charge on any atom is 0.335 e. The van der Waals surface area contributed by atoms with Crippen molar-refractivity contribution >= 4 is 5.97 Å². The molecule has 0 spiro atoms. The number of carboxylic acids is 1. The normalized spacial score (nSPS) is 24.5. The van der Waals surface area contributed by atoms with Crippen LogP contribution in [0.2, 0.25) is 0 Å². The lowest BCUT2D eigenvalue weighted by molar-refractivity contribution is 0.0697. The fourth-order valence-corrected chi connectivity index (χ4v) is 2.63. The fourth-order valence-electron chi connectivity index (χ4n) is 2.63. The smallest absolute Gasteiger partial charge is 0.335 e. The van der Waals surface area contributed by atoms with Crippen LogP contribution < -0.4 is 5.73 Å². The van der Waals surface area contributed by atoms with Crippen molar-refractivity contribution in [3.8, 4) is 0 Å². The summed E-state index contributed by atoms with van der Waals surface area (Å²) in [5, 5.41) is 8.84. The van der Waals surface area contributed by atoms with Crippen molar-refractivity contribution in [3.05, 3.63) is 35.4 Å². The lowest BCUT2D eigenvalue weighted by Gasteiger charge is -2.27. The van der Waals surface area contributed by atoms with Gasteiger partial charge in [0.1, 0.15) is 0 Å². The largest absolute Gasteiger partial charge is 0.478 e. The zero-order valence-electron chi connectivity index (χ0n) is 9.93. The van der Waals surface area contributed by atoms with Gasteiger partial charge in [0.15, 0.2) is 0 Å². The summed E-state index contributed by atoms with van der Waals surface area (Å²) in [4.78, 5) is 10.8. The van der Waals surface area contributed by atoms with Gasteiger partial charge in [0.25, 0.3) is 0 Å². The highest BCUT2D eigenvalue weighted by Gasteiger charge is 2.21. The van der Waals surface area contributed by atoms with Gasteiger partial charge in [-0.15, -0.1) is 0 Å². The second-order valence-corrected chi connectivity index (χ2v) is 4.88. The Morgan fingerprint density at radius 3 is 2.24 bits per heavy atom. The van der Waals surface area contributed by atoms with Gasteiger partial charge in [-0.25, -0.2) is 4.79 Å². The summed E-state index contributed by atoms with van der Waals surface area (Å²) < 4.78 is 0. The van der Waals surface area contributed by atoms with E-state index in [-0.39, 0.29) is 0 Å². The number of rotatable bonds is 3. The first kappa shape index (κ1) is 12.1.